The highest BCUT2D eigenvalue weighted by Gasteiger charge is 2.34. The Bertz CT molecular complexity index is 1820. The van der Waals surface area contributed by atoms with Gasteiger partial charge in [0, 0.05) is 24.6 Å². The molecule has 0 radical (unpaired) electrons. The zero-order chi connectivity index (χ0) is 31.1. The molecule has 0 spiro atoms. The SMILES string of the molecule is CCc1nc(NC2CCc3cccc(-c4cccc(-n5ncc(C(=O)O)c5OC)n4)c32)ccc1C1=CCN(C(=O)C2CC2)CC1. The maximum atomic E-state index is 12.5. The van der Waals surface area contributed by atoms with Crippen LogP contribution in [0.5, 0.6) is 5.88 Å². The smallest absolute Gasteiger partial charge is 0.342 e. The van der Waals surface area contributed by atoms with Crippen LogP contribution in [0.4, 0.5) is 5.82 Å². The highest BCUT2D eigenvalue weighted by atomic mass is 16.5. The van der Waals surface area contributed by atoms with Crippen LogP contribution >= 0.6 is 0 Å². The maximum absolute atomic E-state index is 12.5. The third-order valence-corrected chi connectivity index (χ3v) is 9.05. The zero-order valence-electron chi connectivity index (χ0n) is 25.5. The number of hydrogen-bond donors (Lipinski definition) is 2. The average Bonchev–Trinajstić information content (AvgIpc) is 3.70. The summed E-state index contributed by atoms with van der Waals surface area (Å²) in [7, 11) is 1.42. The number of pyridine rings is 2. The molecule has 10 heteroatoms. The van der Waals surface area contributed by atoms with E-state index in [1.165, 1.54) is 40.3 Å². The number of methoxy groups -OCH3 is 1. The lowest BCUT2D eigenvalue weighted by atomic mass is 9.96. The van der Waals surface area contributed by atoms with E-state index >= 15 is 0 Å². The highest BCUT2D eigenvalue weighted by molar-refractivity contribution is 5.90. The Kier molecular flexibility index (Phi) is 7.56. The lowest BCUT2D eigenvalue weighted by Gasteiger charge is -2.27. The molecule has 230 valence electrons. The molecule has 1 amide bonds. The Morgan fingerprint density at radius 2 is 1.87 bits per heavy atom. The number of anilines is 1. The largest absolute Gasteiger partial charge is 0.480 e. The number of hydrogen-bond acceptors (Lipinski definition) is 7. The quantitative estimate of drug-likeness (QED) is 0.249. The number of aromatic nitrogens is 4. The number of rotatable bonds is 9. The van der Waals surface area contributed by atoms with Gasteiger partial charge in [0.1, 0.15) is 11.4 Å². The van der Waals surface area contributed by atoms with E-state index in [-0.39, 0.29) is 23.4 Å². The number of aromatic carboxylic acids is 1. The van der Waals surface area contributed by atoms with Gasteiger partial charge in [-0.2, -0.15) is 9.78 Å². The van der Waals surface area contributed by atoms with Crippen molar-refractivity contribution in [2.45, 2.75) is 51.5 Å². The minimum Gasteiger partial charge on any atom is -0.480 e. The van der Waals surface area contributed by atoms with Gasteiger partial charge in [-0.25, -0.2) is 14.8 Å². The zero-order valence-corrected chi connectivity index (χ0v) is 25.5. The number of benzene rings is 1. The van der Waals surface area contributed by atoms with E-state index in [0.717, 1.165) is 67.8 Å². The van der Waals surface area contributed by atoms with Crippen molar-refractivity contribution in [3.63, 3.8) is 0 Å². The average molecular weight is 605 g/mol. The molecule has 3 aromatic heterocycles. The van der Waals surface area contributed by atoms with Gasteiger partial charge in [0.25, 0.3) is 0 Å². The number of carboxylic acids is 1. The van der Waals surface area contributed by atoms with Crippen LogP contribution in [0.2, 0.25) is 0 Å². The molecule has 0 bridgehead atoms. The predicted molar refractivity (Wildman–Crippen MR) is 171 cm³/mol. The van der Waals surface area contributed by atoms with Gasteiger partial charge in [-0.3, -0.25) is 4.79 Å². The number of nitrogens with zero attached hydrogens (tertiary/aromatic N) is 5. The molecule has 0 saturated heterocycles. The van der Waals surface area contributed by atoms with Gasteiger partial charge in [0.15, 0.2) is 5.82 Å². The molecule has 45 heavy (non-hydrogen) atoms. The third kappa shape index (κ3) is 5.45. The van der Waals surface area contributed by atoms with E-state index in [1.54, 1.807) is 6.07 Å². The number of aryl methyl sites for hydroxylation is 2. The molecule has 1 fully saturated rings. The fourth-order valence-corrected chi connectivity index (χ4v) is 6.61. The van der Waals surface area contributed by atoms with E-state index < -0.39 is 5.97 Å². The fraction of sp³-hybridized carbons (Fsp3) is 0.343. The van der Waals surface area contributed by atoms with E-state index in [4.69, 9.17) is 14.7 Å². The Labute approximate surface area is 261 Å². The normalized spacial score (nSPS) is 17.5. The second-order valence-electron chi connectivity index (χ2n) is 11.9. The summed E-state index contributed by atoms with van der Waals surface area (Å²) in [4.78, 5) is 36.1. The number of carbonyl (C=O) groups excluding carboxylic acids is 1. The van der Waals surface area contributed by atoms with Gasteiger partial charge in [-0.15, -0.1) is 0 Å². The van der Waals surface area contributed by atoms with Crippen LogP contribution in [-0.4, -0.2) is 61.8 Å². The number of ether oxygens (including phenoxy) is 1. The van der Waals surface area contributed by atoms with Crippen molar-refractivity contribution in [2.75, 3.05) is 25.5 Å². The Morgan fingerprint density at radius 1 is 1.02 bits per heavy atom. The van der Waals surface area contributed by atoms with E-state index in [9.17, 15) is 14.7 Å². The van der Waals surface area contributed by atoms with Gasteiger partial charge in [-0.1, -0.05) is 37.3 Å². The van der Waals surface area contributed by atoms with Crippen LogP contribution in [0, 0.1) is 5.92 Å². The lowest BCUT2D eigenvalue weighted by molar-refractivity contribution is -0.132. The molecule has 4 aromatic rings. The topological polar surface area (TPSA) is 122 Å². The first-order valence-electron chi connectivity index (χ1n) is 15.6. The number of amides is 1. The molecule has 1 aliphatic heterocycles. The molecule has 2 aliphatic carbocycles. The first kappa shape index (κ1) is 28.8. The lowest BCUT2D eigenvalue weighted by Crippen LogP contribution is -2.35. The van der Waals surface area contributed by atoms with Crippen LogP contribution in [0.1, 0.15) is 71.4 Å². The third-order valence-electron chi connectivity index (χ3n) is 9.05. The predicted octanol–water partition coefficient (Wildman–Crippen LogP) is 5.72. The summed E-state index contributed by atoms with van der Waals surface area (Å²) in [6.07, 6.45) is 9.10. The van der Waals surface area contributed by atoms with Crippen LogP contribution in [0.3, 0.4) is 0 Å². The van der Waals surface area contributed by atoms with Crippen LogP contribution in [0.15, 0.2) is 60.8 Å². The van der Waals surface area contributed by atoms with Gasteiger partial charge >= 0.3 is 5.97 Å². The standard InChI is InChI=1S/C35H36N6O4/c1-3-27-24(21-16-18-40(19-17-21)33(42)23-10-11-23)13-15-30(37-27)38-29-14-12-22-6-4-7-25(32(22)29)28-8-5-9-31(39-28)41-34(45-2)26(20-36-41)35(43)44/h4-9,13,15-16,20,23,29H,3,10-12,14,17-19H2,1-2H3,(H,37,38)(H,43,44). The minimum absolute atomic E-state index is 0.0232. The van der Waals surface area contributed by atoms with Crippen molar-refractivity contribution in [1.82, 2.24) is 24.6 Å². The van der Waals surface area contributed by atoms with Gasteiger partial charge in [0.05, 0.1) is 30.7 Å². The fourth-order valence-electron chi connectivity index (χ4n) is 6.61. The molecule has 3 aliphatic rings. The summed E-state index contributed by atoms with van der Waals surface area (Å²) in [5.41, 5.74) is 7.73. The molecule has 4 heterocycles. The van der Waals surface area contributed by atoms with Gasteiger partial charge in [-0.05, 0) is 85.1 Å². The Morgan fingerprint density at radius 3 is 2.60 bits per heavy atom. The molecule has 1 saturated carbocycles. The first-order valence-corrected chi connectivity index (χ1v) is 15.6. The first-order chi connectivity index (χ1) is 21.9. The number of carbonyl (C=O) groups is 2. The van der Waals surface area contributed by atoms with Crippen molar-refractivity contribution in [1.29, 1.82) is 0 Å². The van der Waals surface area contributed by atoms with Crippen molar-refractivity contribution in [3.05, 3.63) is 88.8 Å². The van der Waals surface area contributed by atoms with E-state index in [1.807, 2.05) is 17.0 Å². The summed E-state index contributed by atoms with van der Waals surface area (Å²) in [5, 5.41) is 17.5. The molecular weight excluding hydrogens is 568 g/mol. The van der Waals surface area contributed by atoms with E-state index in [0.29, 0.717) is 18.3 Å². The summed E-state index contributed by atoms with van der Waals surface area (Å²) >= 11 is 0. The highest BCUT2D eigenvalue weighted by Crippen LogP contribution is 2.40. The second kappa shape index (κ2) is 11.8. The maximum Gasteiger partial charge on any atom is 0.342 e. The molecule has 1 unspecified atom stereocenters. The van der Waals surface area contributed by atoms with Crippen LogP contribution in [-0.2, 0) is 17.6 Å². The minimum atomic E-state index is -1.11. The Hall–Kier alpha value is -4.99. The van der Waals surface area contributed by atoms with Gasteiger partial charge in [0.2, 0.25) is 11.8 Å². The van der Waals surface area contributed by atoms with Crippen molar-refractivity contribution >= 4 is 23.3 Å². The van der Waals surface area contributed by atoms with Gasteiger partial charge < -0.3 is 20.1 Å². The molecule has 7 rings (SSSR count). The summed E-state index contributed by atoms with van der Waals surface area (Å²) in [6.45, 7) is 3.59. The van der Waals surface area contributed by atoms with Crippen LogP contribution in [0.25, 0.3) is 22.6 Å². The summed E-state index contributed by atoms with van der Waals surface area (Å²) in [5.74, 6) is 0.892. The van der Waals surface area contributed by atoms with E-state index in [2.05, 4.69) is 53.7 Å². The van der Waals surface area contributed by atoms with Crippen LogP contribution < -0.4 is 10.1 Å². The summed E-state index contributed by atoms with van der Waals surface area (Å²) in [6, 6.07) is 16.2. The van der Waals surface area contributed by atoms with Crippen molar-refractivity contribution in [3.8, 4) is 23.0 Å². The number of fused-ring (bicyclic) bond motifs is 1. The summed E-state index contributed by atoms with van der Waals surface area (Å²) < 4.78 is 6.78. The number of carboxylic acid groups (broad SMARTS) is 1. The second-order valence-corrected chi connectivity index (χ2v) is 11.9. The molecule has 1 aromatic carbocycles. The van der Waals surface area contributed by atoms with Crippen molar-refractivity contribution < 1.29 is 19.4 Å². The monoisotopic (exact) mass is 604 g/mol. The Balaban J connectivity index is 1.14. The molecular formula is C35H36N6O4. The molecule has 1 atom stereocenters. The molecule has 2 N–H and O–H groups in total. The van der Waals surface area contributed by atoms with Crippen molar-refractivity contribution in [2.24, 2.45) is 5.92 Å². The number of nitrogens with one attached hydrogen (secondary N) is 1. The molecule has 10 nitrogen and oxygen atoms in total.